The lowest BCUT2D eigenvalue weighted by molar-refractivity contribution is -0.117. The zero-order chi connectivity index (χ0) is 13.5. The van der Waals surface area contributed by atoms with Gasteiger partial charge >= 0.3 is 10.2 Å². The maximum Gasteiger partial charge on any atom is 0.326 e. The lowest BCUT2D eigenvalue weighted by Crippen LogP contribution is -2.29. The second kappa shape index (κ2) is 4.14. The zero-order valence-electron chi connectivity index (χ0n) is 9.49. The van der Waals surface area contributed by atoms with Crippen LogP contribution in [0.15, 0.2) is 18.2 Å². The predicted octanol–water partition coefficient (Wildman–Crippen LogP) is -0.373. The molecule has 0 saturated carbocycles. The average Bonchev–Trinajstić information content (AvgIpc) is 2.51. The number of carbonyl (C=O) groups excluding carboxylic acids is 1. The summed E-state index contributed by atoms with van der Waals surface area (Å²) in [5.41, 5.74) is 0.449. The van der Waals surface area contributed by atoms with Crippen molar-refractivity contribution in [1.82, 2.24) is 4.72 Å². The second-order valence-corrected chi connectivity index (χ2v) is 5.56. The van der Waals surface area contributed by atoms with Crippen molar-refractivity contribution < 1.29 is 23.4 Å². The highest BCUT2D eigenvalue weighted by atomic mass is 32.2. The highest BCUT2D eigenvalue weighted by Crippen LogP contribution is 2.32. The summed E-state index contributed by atoms with van der Waals surface area (Å²) in [4.78, 5) is 11.1. The van der Waals surface area contributed by atoms with E-state index in [0.29, 0.717) is 5.56 Å². The third kappa shape index (κ3) is 2.12. The van der Waals surface area contributed by atoms with Crippen LogP contribution in [0.3, 0.4) is 0 Å². The normalized spacial score (nSPS) is 19.7. The van der Waals surface area contributed by atoms with Crippen LogP contribution >= 0.6 is 0 Å². The highest BCUT2D eigenvalue weighted by Gasteiger charge is 2.35. The largest absolute Gasteiger partial charge is 0.506 e. The van der Waals surface area contributed by atoms with E-state index in [1.165, 1.54) is 25.1 Å². The Morgan fingerprint density at radius 1 is 1.44 bits per heavy atom. The fourth-order valence-electron chi connectivity index (χ4n) is 1.67. The number of anilines is 1. The summed E-state index contributed by atoms with van der Waals surface area (Å²) in [5, 5.41) is 19.1. The minimum atomic E-state index is -3.93. The van der Waals surface area contributed by atoms with Crippen LogP contribution in [-0.2, 0) is 15.0 Å². The molecule has 1 saturated heterocycles. The Morgan fingerprint density at radius 3 is 2.56 bits per heavy atom. The van der Waals surface area contributed by atoms with Crippen molar-refractivity contribution in [2.45, 2.75) is 13.0 Å². The van der Waals surface area contributed by atoms with Gasteiger partial charge in [-0.2, -0.15) is 8.42 Å². The maximum absolute atomic E-state index is 11.6. The Bertz CT molecular complexity index is 596. The van der Waals surface area contributed by atoms with Gasteiger partial charge in [0, 0.05) is 0 Å². The number of aliphatic hydroxyl groups is 1. The SMILES string of the molecule is CC(O)c1ccc(N2CC(=O)NS2(=O)=O)c(O)c1. The quantitative estimate of drug-likeness (QED) is 0.680. The van der Waals surface area contributed by atoms with Crippen molar-refractivity contribution in [3.63, 3.8) is 0 Å². The molecule has 98 valence electrons. The van der Waals surface area contributed by atoms with Gasteiger partial charge in [0.15, 0.2) is 0 Å². The molecular formula is C10H12N2O5S. The minimum absolute atomic E-state index is 0.00208. The Morgan fingerprint density at radius 2 is 2.11 bits per heavy atom. The molecule has 3 N–H and O–H groups in total. The van der Waals surface area contributed by atoms with Gasteiger partial charge in [0.05, 0.1) is 11.8 Å². The molecular weight excluding hydrogens is 260 g/mol. The standard InChI is InChI=1S/C10H12N2O5S/c1-6(13)7-2-3-8(9(14)4-7)12-5-10(15)11-18(12,16)17/h2-4,6,13-14H,5H2,1H3,(H,11,15). The number of aliphatic hydroxyl groups excluding tert-OH is 1. The molecule has 1 heterocycles. The summed E-state index contributed by atoms with van der Waals surface area (Å²) < 4.78 is 25.7. The first-order chi connectivity index (χ1) is 8.31. The number of carbonyl (C=O) groups is 1. The molecule has 0 spiro atoms. The predicted molar refractivity (Wildman–Crippen MR) is 63.1 cm³/mol. The Hall–Kier alpha value is -1.80. The first-order valence-corrected chi connectivity index (χ1v) is 6.59. The summed E-state index contributed by atoms with van der Waals surface area (Å²) in [6, 6.07) is 4.09. The van der Waals surface area contributed by atoms with E-state index in [4.69, 9.17) is 0 Å². The average molecular weight is 272 g/mol. The van der Waals surface area contributed by atoms with Gasteiger partial charge < -0.3 is 10.2 Å². The number of benzene rings is 1. The number of nitrogens with one attached hydrogen (secondary N) is 1. The summed E-state index contributed by atoms with van der Waals surface area (Å²) >= 11 is 0. The second-order valence-electron chi connectivity index (χ2n) is 3.96. The lowest BCUT2D eigenvalue weighted by atomic mass is 10.1. The van der Waals surface area contributed by atoms with E-state index in [2.05, 4.69) is 0 Å². The molecule has 1 atom stereocenters. The Balaban J connectivity index is 2.44. The summed E-state index contributed by atoms with van der Waals surface area (Å²) in [6.45, 7) is 1.15. The van der Waals surface area contributed by atoms with Crippen LogP contribution in [0.4, 0.5) is 5.69 Å². The van der Waals surface area contributed by atoms with E-state index in [1.54, 1.807) is 4.72 Å². The summed E-state index contributed by atoms with van der Waals surface area (Å²) in [6.07, 6.45) is -0.778. The highest BCUT2D eigenvalue weighted by molar-refractivity contribution is 7.92. The Labute approximate surface area is 104 Å². The van der Waals surface area contributed by atoms with Crippen LogP contribution in [0.25, 0.3) is 0 Å². The van der Waals surface area contributed by atoms with Crippen molar-refractivity contribution in [3.05, 3.63) is 23.8 Å². The number of amides is 1. The molecule has 1 unspecified atom stereocenters. The molecule has 7 nitrogen and oxygen atoms in total. The third-order valence-electron chi connectivity index (χ3n) is 2.57. The smallest absolute Gasteiger partial charge is 0.326 e. The summed E-state index contributed by atoms with van der Waals surface area (Å²) in [7, 11) is -3.93. The molecule has 1 aromatic rings. The van der Waals surface area contributed by atoms with E-state index in [9.17, 15) is 23.4 Å². The topological polar surface area (TPSA) is 107 Å². The van der Waals surface area contributed by atoms with Crippen LogP contribution in [0.2, 0.25) is 0 Å². The van der Waals surface area contributed by atoms with Gasteiger partial charge in [-0.05, 0) is 24.6 Å². The zero-order valence-corrected chi connectivity index (χ0v) is 10.3. The number of aromatic hydroxyl groups is 1. The Kier molecular flexibility index (Phi) is 2.91. The van der Waals surface area contributed by atoms with Crippen LogP contribution in [0.1, 0.15) is 18.6 Å². The number of hydrogen-bond acceptors (Lipinski definition) is 5. The molecule has 0 bridgehead atoms. The number of nitrogens with zero attached hydrogens (tertiary/aromatic N) is 1. The molecule has 18 heavy (non-hydrogen) atoms. The van der Waals surface area contributed by atoms with Gasteiger partial charge in [-0.15, -0.1) is 0 Å². The molecule has 0 aromatic heterocycles. The number of rotatable bonds is 2. The number of hydrogen-bond donors (Lipinski definition) is 3. The molecule has 1 fully saturated rings. The van der Waals surface area contributed by atoms with Gasteiger partial charge in [-0.3, -0.25) is 4.79 Å². The van der Waals surface area contributed by atoms with Gasteiger partial charge in [0.25, 0.3) is 5.91 Å². The van der Waals surface area contributed by atoms with Crippen LogP contribution < -0.4 is 9.03 Å². The fraction of sp³-hybridized carbons (Fsp3) is 0.300. The number of phenolic OH excluding ortho intramolecular Hbond substituents is 1. The molecule has 0 aliphatic carbocycles. The van der Waals surface area contributed by atoms with Gasteiger partial charge in [-0.1, -0.05) is 6.07 Å². The van der Waals surface area contributed by atoms with E-state index >= 15 is 0 Å². The van der Waals surface area contributed by atoms with Crippen molar-refractivity contribution in [3.8, 4) is 5.75 Å². The minimum Gasteiger partial charge on any atom is -0.506 e. The molecule has 0 radical (unpaired) electrons. The van der Waals surface area contributed by atoms with Crippen LogP contribution in [0, 0.1) is 0 Å². The van der Waals surface area contributed by atoms with Gasteiger partial charge in [0.2, 0.25) is 0 Å². The van der Waals surface area contributed by atoms with Crippen molar-refractivity contribution in [1.29, 1.82) is 0 Å². The van der Waals surface area contributed by atoms with Crippen molar-refractivity contribution in [2.75, 3.05) is 10.8 Å². The lowest BCUT2D eigenvalue weighted by Gasteiger charge is -2.17. The number of phenols is 1. The van der Waals surface area contributed by atoms with Crippen LogP contribution in [0.5, 0.6) is 5.75 Å². The molecule has 1 aliphatic heterocycles. The third-order valence-corrected chi connectivity index (χ3v) is 3.96. The maximum atomic E-state index is 11.6. The monoisotopic (exact) mass is 272 g/mol. The first kappa shape index (κ1) is 12.7. The first-order valence-electron chi connectivity index (χ1n) is 5.15. The molecule has 1 amide bonds. The molecule has 1 aromatic carbocycles. The van der Waals surface area contributed by atoms with E-state index < -0.39 is 22.2 Å². The van der Waals surface area contributed by atoms with E-state index in [1.807, 2.05) is 0 Å². The van der Waals surface area contributed by atoms with Gasteiger partial charge in [-0.25, -0.2) is 9.03 Å². The fourth-order valence-corrected chi connectivity index (χ4v) is 2.84. The van der Waals surface area contributed by atoms with Gasteiger partial charge in [0.1, 0.15) is 12.3 Å². The summed E-state index contributed by atoms with van der Waals surface area (Å²) in [5.74, 6) is -0.970. The molecule has 8 heteroatoms. The van der Waals surface area contributed by atoms with Crippen molar-refractivity contribution >= 4 is 21.8 Å². The van der Waals surface area contributed by atoms with Crippen molar-refractivity contribution in [2.24, 2.45) is 0 Å². The van der Waals surface area contributed by atoms with E-state index in [-0.39, 0.29) is 18.0 Å². The van der Waals surface area contributed by atoms with Crippen LogP contribution in [-0.4, -0.2) is 31.1 Å². The van der Waals surface area contributed by atoms with E-state index in [0.717, 1.165) is 4.31 Å². The molecule has 2 rings (SSSR count). The molecule has 1 aliphatic rings.